The summed E-state index contributed by atoms with van der Waals surface area (Å²) in [4.78, 5) is 10.9. The van der Waals surface area contributed by atoms with Crippen LogP contribution in [0.2, 0.25) is 0 Å². The highest BCUT2D eigenvalue weighted by Gasteiger charge is 2.14. The van der Waals surface area contributed by atoms with E-state index in [0.29, 0.717) is 6.42 Å². The maximum Gasteiger partial charge on any atom is 0.222 e. The van der Waals surface area contributed by atoms with Crippen LogP contribution in [0, 0.1) is 5.92 Å². The highest BCUT2D eigenvalue weighted by atomic mass is 16.1. The number of nitrogens with two attached hydrogens (primary N) is 2. The minimum atomic E-state index is -0.355. The number of carbonyl (C=O) groups is 1. The van der Waals surface area contributed by atoms with Crippen LogP contribution in [0.4, 0.5) is 0 Å². The van der Waals surface area contributed by atoms with Crippen molar-refractivity contribution in [2.45, 2.75) is 6.42 Å². The van der Waals surface area contributed by atoms with Crippen molar-refractivity contribution in [2.75, 3.05) is 6.54 Å². The van der Waals surface area contributed by atoms with Crippen LogP contribution in [0.5, 0.6) is 0 Å². The zero-order valence-electron chi connectivity index (χ0n) is 7.60. The largest absolute Gasteiger partial charge is 0.369 e. The Kier molecular flexibility index (Phi) is 3.02. The van der Waals surface area contributed by atoms with Crippen molar-refractivity contribution in [3.63, 3.8) is 0 Å². The van der Waals surface area contributed by atoms with E-state index in [1.54, 1.807) is 10.9 Å². The lowest BCUT2D eigenvalue weighted by atomic mass is 10.0. The molecule has 0 spiro atoms. The fourth-order valence-corrected chi connectivity index (χ4v) is 1.16. The molecule has 0 radical (unpaired) electrons. The predicted octanol–water partition coefficient (Wildman–Crippen LogP) is -0.977. The zero-order chi connectivity index (χ0) is 9.84. The van der Waals surface area contributed by atoms with Gasteiger partial charge in [0.05, 0.1) is 12.1 Å². The second kappa shape index (κ2) is 4.04. The van der Waals surface area contributed by atoms with Gasteiger partial charge >= 0.3 is 0 Å². The summed E-state index contributed by atoms with van der Waals surface area (Å²) in [6.45, 7) is 0.282. The average Bonchev–Trinajstić information content (AvgIpc) is 2.46. The van der Waals surface area contributed by atoms with Gasteiger partial charge in [0, 0.05) is 19.8 Å². The first-order valence-corrected chi connectivity index (χ1v) is 4.10. The van der Waals surface area contributed by atoms with Crippen LogP contribution in [0.25, 0.3) is 0 Å². The molecule has 1 rings (SSSR count). The average molecular weight is 182 g/mol. The summed E-state index contributed by atoms with van der Waals surface area (Å²) in [5.41, 5.74) is 11.5. The Morgan fingerprint density at radius 3 is 2.85 bits per heavy atom. The van der Waals surface area contributed by atoms with Crippen molar-refractivity contribution in [1.29, 1.82) is 0 Å². The van der Waals surface area contributed by atoms with E-state index in [2.05, 4.69) is 5.10 Å². The Balaban J connectivity index is 2.61. The van der Waals surface area contributed by atoms with E-state index in [-0.39, 0.29) is 18.4 Å². The molecule has 72 valence electrons. The quantitative estimate of drug-likeness (QED) is 0.627. The highest BCUT2D eigenvalue weighted by molar-refractivity contribution is 5.77. The molecular formula is C8H14N4O. The Bertz CT molecular complexity index is 294. The SMILES string of the molecule is Cn1cc(C[C@H](CN)C(N)=O)cn1. The summed E-state index contributed by atoms with van der Waals surface area (Å²) >= 11 is 0. The maximum atomic E-state index is 10.9. The van der Waals surface area contributed by atoms with E-state index < -0.39 is 0 Å². The van der Waals surface area contributed by atoms with Crippen molar-refractivity contribution < 1.29 is 4.79 Å². The minimum Gasteiger partial charge on any atom is -0.369 e. The fraction of sp³-hybridized carbons (Fsp3) is 0.500. The molecule has 1 atom stereocenters. The van der Waals surface area contributed by atoms with E-state index >= 15 is 0 Å². The third-order valence-corrected chi connectivity index (χ3v) is 1.93. The summed E-state index contributed by atoms with van der Waals surface area (Å²) < 4.78 is 1.68. The number of primary amides is 1. The van der Waals surface area contributed by atoms with Crippen LogP contribution in [0.15, 0.2) is 12.4 Å². The van der Waals surface area contributed by atoms with Gasteiger partial charge < -0.3 is 11.5 Å². The topological polar surface area (TPSA) is 86.9 Å². The molecule has 0 bridgehead atoms. The molecule has 0 aliphatic heterocycles. The van der Waals surface area contributed by atoms with Crippen LogP contribution in [0.1, 0.15) is 5.56 Å². The van der Waals surface area contributed by atoms with Gasteiger partial charge in [0.2, 0.25) is 5.91 Å². The first-order valence-electron chi connectivity index (χ1n) is 4.10. The standard InChI is InChI=1S/C8H14N4O/c1-12-5-6(4-11-12)2-7(3-9)8(10)13/h4-5,7H,2-3,9H2,1H3,(H2,10,13)/t7-/m1/s1. The number of nitrogens with zero attached hydrogens (tertiary/aromatic N) is 2. The molecule has 0 saturated carbocycles. The van der Waals surface area contributed by atoms with Gasteiger partial charge in [0.25, 0.3) is 0 Å². The normalized spacial score (nSPS) is 12.8. The Morgan fingerprint density at radius 2 is 2.46 bits per heavy atom. The monoisotopic (exact) mass is 182 g/mol. The summed E-state index contributed by atoms with van der Waals surface area (Å²) in [7, 11) is 1.82. The molecule has 0 aromatic carbocycles. The second-order valence-electron chi connectivity index (χ2n) is 3.06. The summed E-state index contributed by atoms with van der Waals surface area (Å²) in [5, 5.41) is 3.99. The Hall–Kier alpha value is -1.36. The van der Waals surface area contributed by atoms with Crippen LogP contribution in [-0.4, -0.2) is 22.2 Å². The van der Waals surface area contributed by atoms with Crippen molar-refractivity contribution >= 4 is 5.91 Å². The van der Waals surface area contributed by atoms with Gasteiger partial charge in [0.15, 0.2) is 0 Å². The van der Waals surface area contributed by atoms with E-state index in [1.165, 1.54) is 0 Å². The maximum absolute atomic E-state index is 10.9. The lowest BCUT2D eigenvalue weighted by molar-refractivity contribution is -0.121. The number of hydrogen-bond acceptors (Lipinski definition) is 3. The smallest absolute Gasteiger partial charge is 0.222 e. The van der Waals surface area contributed by atoms with Crippen LogP contribution in [-0.2, 0) is 18.3 Å². The highest BCUT2D eigenvalue weighted by Crippen LogP contribution is 2.05. The molecular weight excluding hydrogens is 168 g/mol. The van der Waals surface area contributed by atoms with Crippen molar-refractivity contribution in [1.82, 2.24) is 9.78 Å². The van der Waals surface area contributed by atoms with Gasteiger partial charge in [-0.3, -0.25) is 9.48 Å². The summed E-state index contributed by atoms with van der Waals surface area (Å²) in [6, 6.07) is 0. The molecule has 1 aromatic rings. The molecule has 1 amide bonds. The number of hydrogen-bond donors (Lipinski definition) is 2. The van der Waals surface area contributed by atoms with E-state index in [4.69, 9.17) is 11.5 Å². The van der Waals surface area contributed by atoms with Gasteiger partial charge in [-0.2, -0.15) is 5.10 Å². The van der Waals surface area contributed by atoms with Gasteiger partial charge in [0.1, 0.15) is 0 Å². The lowest BCUT2D eigenvalue weighted by Gasteiger charge is -2.07. The van der Waals surface area contributed by atoms with Crippen molar-refractivity contribution in [3.8, 4) is 0 Å². The molecule has 0 aliphatic rings. The third kappa shape index (κ3) is 2.55. The van der Waals surface area contributed by atoms with E-state index in [0.717, 1.165) is 5.56 Å². The van der Waals surface area contributed by atoms with Crippen molar-refractivity contribution in [2.24, 2.45) is 24.4 Å². The van der Waals surface area contributed by atoms with Gasteiger partial charge in [-0.25, -0.2) is 0 Å². The number of aromatic nitrogens is 2. The van der Waals surface area contributed by atoms with Crippen molar-refractivity contribution in [3.05, 3.63) is 18.0 Å². The van der Waals surface area contributed by atoms with Gasteiger partial charge in [-0.1, -0.05) is 0 Å². The van der Waals surface area contributed by atoms with Crippen LogP contribution >= 0.6 is 0 Å². The number of aryl methyl sites for hydroxylation is 1. The minimum absolute atomic E-state index is 0.282. The molecule has 1 aromatic heterocycles. The summed E-state index contributed by atoms with van der Waals surface area (Å²) in [5.74, 6) is -0.643. The molecule has 1 heterocycles. The number of amides is 1. The molecule has 13 heavy (non-hydrogen) atoms. The molecule has 0 aliphatic carbocycles. The molecule has 5 nitrogen and oxygen atoms in total. The molecule has 0 saturated heterocycles. The second-order valence-corrected chi connectivity index (χ2v) is 3.06. The van der Waals surface area contributed by atoms with E-state index in [9.17, 15) is 4.79 Å². The number of rotatable bonds is 4. The molecule has 0 fully saturated rings. The molecule has 5 heteroatoms. The van der Waals surface area contributed by atoms with Crippen LogP contribution < -0.4 is 11.5 Å². The molecule has 4 N–H and O–H groups in total. The van der Waals surface area contributed by atoms with E-state index in [1.807, 2.05) is 13.2 Å². The molecule has 0 unspecified atom stereocenters. The predicted molar refractivity (Wildman–Crippen MR) is 48.7 cm³/mol. The van der Waals surface area contributed by atoms with Crippen LogP contribution in [0.3, 0.4) is 0 Å². The first-order chi connectivity index (χ1) is 6.13. The zero-order valence-corrected chi connectivity index (χ0v) is 7.60. The van der Waals surface area contributed by atoms with Gasteiger partial charge in [-0.05, 0) is 12.0 Å². The fourth-order valence-electron chi connectivity index (χ4n) is 1.16. The summed E-state index contributed by atoms with van der Waals surface area (Å²) in [6.07, 6.45) is 4.14. The third-order valence-electron chi connectivity index (χ3n) is 1.93. The first kappa shape index (κ1) is 9.73. The number of carbonyl (C=O) groups excluding carboxylic acids is 1. The Morgan fingerprint density at radius 1 is 1.77 bits per heavy atom. The lowest BCUT2D eigenvalue weighted by Crippen LogP contribution is -2.31. The van der Waals surface area contributed by atoms with Gasteiger partial charge in [-0.15, -0.1) is 0 Å². The Labute approximate surface area is 76.7 Å².